The first-order valence-electron chi connectivity index (χ1n) is 7.34. The van der Waals surface area contributed by atoms with Gasteiger partial charge >= 0.3 is 5.97 Å². The number of hydrogen-bond donors (Lipinski definition) is 2. The fourth-order valence-electron chi connectivity index (χ4n) is 2.53. The molecule has 2 aromatic carbocycles. The van der Waals surface area contributed by atoms with E-state index < -0.39 is 23.8 Å². The lowest BCUT2D eigenvalue weighted by Gasteiger charge is -2.15. The number of carbonyl (C=O) groups is 2. The second-order valence-electron chi connectivity index (χ2n) is 5.36. The molecule has 3 rings (SSSR count). The van der Waals surface area contributed by atoms with E-state index >= 15 is 0 Å². The first-order chi connectivity index (χ1) is 11.5. The summed E-state index contributed by atoms with van der Waals surface area (Å²) in [5, 5.41) is 0.909. The third-order valence-corrected chi connectivity index (χ3v) is 3.69. The number of hydrogen-bond acceptors (Lipinski definition) is 3. The predicted octanol–water partition coefficient (Wildman–Crippen LogP) is 2.62. The van der Waals surface area contributed by atoms with Crippen LogP contribution in [0.4, 0.5) is 4.39 Å². The number of aromatic amines is 1. The molecule has 122 valence electrons. The van der Waals surface area contributed by atoms with E-state index in [0.29, 0.717) is 5.56 Å². The van der Waals surface area contributed by atoms with Gasteiger partial charge in [0.25, 0.3) is 5.91 Å². The van der Waals surface area contributed by atoms with Gasteiger partial charge in [-0.3, -0.25) is 9.59 Å². The maximum atomic E-state index is 13.0. The summed E-state index contributed by atoms with van der Waals surface area (Å²) >= 11 is 0. The average molecular weight is 326 g/mol. The fraction of sp³-hybridized carbons (Fsp3) is 0.111. The van der Waals surface area contributed by atoms with E-state index in [0.717, 1.165) is 16.5 Å². The van der Waals surface area contributed by atoms with Crippen molar-refractivity contribution in [2.75, 3.05) is 0 Å². The van der Waals surface area contributed by atoms with Crippen LogP contribution in [0, 0.1) is 5.82 Å². The van der Waals surface area contributed by atoms with Gasteiger partial charge in [-0.05, 0) is 23.8 Å². The number of amides is 1. The molecule has 0 saturated heterocycles. The van der Waals surface area contributed by atoms with Gasteiger partial charge in [0.15, 0.2) is 0 Å². The van der Waals surface area contributed by atoms with E-state index in [1.54, 1.807) is 6.20 Å². The Morgan fingerprint density at radius 1 is 1.12 bits per heavy atom. The highest BCUT2D eigenvalue weighted by atomic mass is 19.1. The van der Waals surface area contributed by atoms with E-state index in [9.17, 15) is 14.0 Å². The van der Waals surface area contributed by atoms with Gasteiger partial charge in [-0.1, -0.05) is 30.3 Å². The fourth-order valence-corrected chi connectivity index (χ4v) is 2.53. The highest BCUT2D eigenvalue weighted by Gasteiger charge is 2.23. The van der Waals surface area contributed by atoms with Crippen LogP contribution >= 0.6 is 0 Å². The summed E-state index contributed by atoms with van der Waals surface area (Å²) in [4.78, 5) is 26.8. The summed E-state index contributed by atoms with van der Waals surface area (Å²) in [5.41, 5.74) is 7.30. The minimum atomic E-state index is -1.25. The summed E-state index contributed by atoms with van der Waals surface area (Å²) in [6.07, 6.45) is 0.473. The molecular formula is C18H15FN2O3. The summed E-state index contributed by atoms with van der Waals surface area (Å²) in [6, 6.07) is 12.6. The van der Waals surface area contributed by atoms with Crippen LogP contribution in [0.1, 0.15) is 17.2 Å². The monoisotopic (exact) mass is 326 g/mol. The molecule has 0 aliphatic carbocycles. The molecule has 1 amide bonds. The largest absolute Gasteiger partial charge is 0.447 e. The topological polar surface area (TPSA) is 85.2 Å². The molecule has 6 heteroatoms. The Morgan fingerprint density at radius 3 is 2.54 bits per heavy atom. The van der Waals surface area contributed by atoms with Gasteiger partial charge in [0.05, 0.1) is 6.42 Å². The number of nitrogens with two attached hydrogens (primary N) is 1. The molecule has 3 N–H and O–H groups in total. The van der Waals surface area contributed by atoms with Crippen LogP contribution in [0.5, 0.6) is 0 Å². The van der Waals surface area contributed by atoms with E-state index in [-0.39, 0.29) is 6.42 Å². The Kier molecular flexibility index (Phi) is 4.29. The summed E-state index contributed by atoms with van der Waals surface area (Å²) in [5.74, 6) is -1.85. The third kappa shape index (κ3) is 3.27. The Bertz CT molecular complexity index is 887. The van der Waals surface area contributed by atoms with Crippen molar-refractivity contribution in [3.05, 3.63) is 71.7 Å². The second-order valence-corrected chi connectivity index (χ2v) is 5.36. The summed E-state index contributed by atoms with van der Waals surface area (Å²) in [7, 11) is 0. The average Bonchev–Trinajstić information content (AvgIpc) is 2.96. The molecule has 0 aliphatic rings. The van der Waals surface area contributed by atoms with E-state index in [1.807, 2.05) is 24.3 Å². The number of para-hydroxylation sites is 1. The number of rotatable bonds is 5. The number of nitrogens with one attached hydrogen (secondary N) is 1. The number of carbonyl (C=O) groups excluding carboxylic acids is 2. The smallest absolute Gasteiger partial charge is 0.311 e. The van der Waals surface area contributed by atoms with Gasteiger partial charge in [-0.25, -0.2) is 4.39 Å². The quantitative estimate of drug-likeness (QED) is 0.707. The number of primary amides is 1. The van der Waals surface area contributed by atoms with Crippen molar-refractivity contribution in [1.29, 1.82) is 0 Å². The summed E-state index contributed by atoms with van der Waals surface area (Å²) < 4.78 is 18.2. The standard InChI is InChI=1S/C18H15FN2O3/c19-13-7-5-11(6-8-13)17(18(20)23)24-16(22)9-12-10-21-15-4-2-1-3-14(12)15/h1-8,10,17,21H,9H2,(H2,20,23). The number of ether oxygens (including phenoxy) is 1. The van der Waals surface area contributed by atoms with Gasteiger partial charge < -0.3 is 15.5 Å². The molecule has 0 fully saturated rings. The van der Waals surface area contributed by atoms with Gasteiger partial charge in [-0.2, -0.15) is 0 Å². The molecule has 1 unspecified atom stereocenters. The van der Waals surface area contributed by atoms with E-state index in [2.05, 4.69) is 4.98 Å². The van der Waals surface area contributed by atoms with E-state index in [1.165, 1.54) is 24.3 Å². The molecule has 0 bridgehead atoms. The van der Waals surface area contributed by atoms with Crippen LogP contribution in [0.15, 0.2) is 54.7 Å². The van der Waals surface area contributed by atoms with Gasteiger partial charge in [0.2, 0.25) is 6.10 Å². The molecule has 5 nitrogen and oxygen atoms in total. The molecular weight excluding hydrogens is 311 g/mol. The SMILES string of the molecule is NC(=O)C(OC(=O)Cc1c[nH]c2ccccc12)c1ccc(F)cc1. The highest BCUT2D eigenvalue weighted by molar-refractivity contribution is 5.88. The van der Waals surface area contributed by atoms with Gasteiger partial charge in [0, 0.05) is 22.7 Å². The van der Waals surface area contributed by atoms with Crippen molar-refractivity contribution >= 4 is 22.8 Å². The van der Waals surface area contributed by atoms with Crippen molar-refractivity contribution in [3.63, 3.8) is 0 Å². The zero-order chi connectivity index (χ0) is 17.1. The maximum absolute atomic E-state index is 13.0. The van der Waals surface area contributed by atoms with Crippen molar-refractivity contribution in [1.82, 2.24) is 4.98 Å². The molecule has 1 atom stereocenters. The highest BCUT2D eigenvalue weighted by Crippen LogP contribution is 2.21. The lowest BCUT2D eigenvalue weighted by Crippen LogP contribution is -2.26. The zero-order valence-corrected chi connectivity index (χ0v) is 12.7. The van der Waals surface area contributed by atoms with Gasteiger partial charge in [0.1, 0.15) is 5.82 Å². The van der Waals surface area contributed by atoms with Crippen LogP contribution in [-0.4, -0.2) is 16.9 Å². The molecule has 3 aromatic rings. The van der Waals surface area contributed by atoms with Crippen molar-refractivity contribution < 1.29 is 18.7 Å². The normalized spacial score (nSPS) is 12.0. The molecule has 1 heterocycles. The zero-order valence-electron chi connectivity index (χ0n) is 12.7. The van der Waals surface area contributed by atoms with Crippen molar-refractivity contribution in [2.45, 2.75) is 12.5 Å². The number of benzene rings is 2. The Balaban J connectivity index is 1.76. The molecule has 24 heavy (non-hydrogen) atoms. The Morgan fingerprint density at radius 2 is 1.83 bits per heavy atom. The van der Waals surface area contributed by atoms with Crippen molar-refractivity contribution in [3.8, 4) is 0 Å². The lowest BCUT2D eigenvalue weighted by atomic mass is 10.1. The maximum Gasteiger partial charge on any atom is 0.311 e. The second kappa shape index (κ2) is 6.54. The molecule has 1 aromatic heterocycles. The summed E-state index contributed by atoms with van der Waals surface area (Å²) in [6.45, 7) is 0. The molecule has 0 saturated carbocycles. The van der Waals surface area contributed by atoms with Crippen LogP contribution in [0.2, 0.25) is 0 Å². The first kappa shape index (κ1) is 15.7. The number of fused-ring (bicyclic) bond motifs is 1. The van der Waals surface area contributed by atoms with Crippen molar-refractivity contribution in [2.24, 2.45) is 5.73 Å². The van der Waals surface area contributed by atoms with Gasteiger partial charge in [-0.15, -0.1) is 0 Å². The molecule has 0 radical (unpaired) electrons. The first-order valence-corrected chi connectivity index (χ1v) is 7.34. The Hall–Kier alpha value is -3.15. The predicted molar refractivity (Wildman–Crippen MR) is 86.4 cm³/mol. The molecule has 0 aliphatic heterocycles. The minimum absolute atomic E-state index is 0.00497. The van der Waals surface area contributed by atoms with Crippen LogP contribution in [0.3, 0.4) is 0 Å². The lowest BCUT2D eigenvalue weighted by molar-refractivity contribution is -0.154. The third-order valence-electron chi connectivity index (χ3n) is 3.69. The minimum Gasteiger partial charge on any atom is -0.447 e. The van der Waals surface area contributed by atoms with Crippen LogP contribution < -0.4 is 5.73 Å². The Labute approximate surface area is 137 Å². The number of aromatic nitrogens is 1. The molecule has 0 spiro atoms. The van der Waals surface area contributed by atoms with Crippen LogP contribution in [0.25, 0.3) is 10.9 Å². The van der Waals surface area contributed by atoms with E-state index in [4.69, 9.17) is 10.5 Å². The number of esters is 1. The van der Waals surface area contributed by atoms with Crippen LogP contribution in [-0.2, 0) is 20.7 Å². The number of halogens is 1. The number of H-pyrrole nitrogens is 1.